The maximum Gasteiger partial charge on any atom is 0.220 e. The highest BCUT2D eigenvalue weighted by Crippen LogP contribution is 2.33. The van der Waals surface area contributed by atoms with Crippen LogP contribution in [0.4, 0.5) is 0 Å². The summed E-state index contributed by atoms with van der Waals surface area (Å²) in [6, 6.07) is -1.03. The van der Waals surface area contributed by atoms with Crippen LogP contribution in [0, 0.1) is 0 Å². The molecule has 3 saturated heterocycles. The standard InChI is InChI=1S/C66H109NO18/c1-3-5-7-9-11-13-15-17-19-21-22-23-24-25-26-28-30-32-34-36-38-40-42-44-54(72)67-49(50(71)43-41-39-37-35-33-31-29-27-20-18-16-14-12-10-8-6-4-2)48-80-64-60(78)57(75)62(52(46-69)82-64)85-66-61(79)58(76)63(53(47-70)83-66)84-65-59(77)56(74)55(73)51(45-68)81-65/h5,7,11,13,17,19,22-23,25-26,30,32-33,35-36,38,41,43,49-53,55-66,68-71,73-79H,3-4,6,8-10,12,14-16,18,20-21,24,27-29,31,34,37,39-40,42,44-48H2,1-2H3,(H,67,72)/b7-5-,13-11-,19-17-,23-22-,26-25-,32-30-,35-33+,38-36-,43-41+. The molecule has 3 heterocycles. The Kier molecular flexibility index (Phi) is 42.3. The van der Waals surface area contributed by atoms with Crippen LogP contribution in [0.5, 0.6) is 0 Å². The normalized spacial score (nSPS) is 29.7. The monoisotopic (exact) mass is 1200 g/mol. The number of aliphatic hydroxyl groups is 11. The van der Waals surface area contributed by atoms with Crippen LogP contribution >= 0.6 is 0 Å². The fourth-order valence-electron chi connectivity index (χ4n) is 9.90. The molecule has 17 unspecified atom stereocenters. The number of amides is 1. The molecule has 19 heteroatoms. The van der Waals surface area contributed by atoms with Crippen LogP contribution in [0.3, 0.4) is 0 Å². The summed E-state index contributed by atoms with van der Waals surface area (Å²) in [5, 5.41) is 120. The van der Waals surface area contributed by atoms with Gasteiger partial charge in [-0.25, -0.2) is 0 Å². The zero-order valence-electron chi connectivity index (χ0n) is 50.8. The molecular weight excluding hydrogens is 1090 g/mol. The van der Waals surface area contributed by atoms with Crippen LogP contribution in [0.25, 0.3) is 0 Å². The highest BCUT2D eigenvalue weighted by molar-refractivity contribution is 5.76. The summed E-state index contributed by atoms with van der Waals surface area (Å²) >= 11 is 0. The van der Waals surface area contributed by atoms with Crippen LogP contribution in [0.15, 0.2) is 109 Å². The lowest BCUT2D eigenvalue weighted by molar-refractivity contribution is -0.379. The van der Waals surface area contributed by atoms with Gasteiger partial charge in [0.2, 0.25) is 5.91 Å². The van der Waals surface area contributed by atoms with E-state index >= 15 is 0 Å². The van der Waals surface area contributed by atoms with Crippen LogP contribution in [0.1, 0.15) is 168 Å². The van der Waals surface area contributed by atoms with Crippen molar-refractivity contribution in [1.82, 2.24) is 5.32 Å². The number of aliphatic hydroxyl groups excluding tert-OH is 11. The molecular formula is C66H109NO18. The van der Waals surface area contributed by atoms with Crippen molar-refractivity contribution in [3.8, 4) is 0 Å². The molecule has 0 aromatic rings. The summed E-state index contributed by atoms with van der Waals surface area (Å²) in [6.45, 7) is 1.52. The first-order valence-electron chi connectivity index (χ1n) is 31.6. The molecule has 486 valence electrons. The van der Waals surface area contributed by atoms with E-state index in [-0.39, 0.29) is 12.3 Å². The van der Waals surface area contributed by atoms with Gasteiger partial charge in [0.05, 0.1) is 38.6 Å². The first-order valence-corrected chi connectivity index (χ1v) is 31.6. The van der Waals surface area contributed by atoms with Crippen LogP contribution < -0.4 is 5.32 Å². The van der Waals surface area contributed by atoms with E-state index in [0.29, 0.717) is 19.3 Å². The summed E-state index contributed by atoms with van der Waals surface area (Å²) in [5.74, 6) is -0.348. The number of allylic oxidation sites excluding steroid dienone is 17. The summed E-state index contributed by atoms with van der Waals surface area (Å²) < 4.78 is 34.2. The number of hydrogen-bond donors (Lipinski definition) is 12. The molecule has 1 amide bonds. The molecule has 12 N–H and O–H groups in total. The maximum atomic E-state index is 13.3. The molecule has 0 saturated carbocycles. The van der Waals surface area contributed by atoms with Crippen molar-refractivity contribution < 1.29 is 89.4 Å². The number of hydrogen-bond acceptors (Lipinski definition) is 18. The smallest absolute Gasteiger partial charge is 0.220 e. The third-order valence-corrected chi connectivity index (χ3v) is 15.1. The summed E-state index contributed by atoms with van der Waals surface area (Å²) in [7, 11) is 0. The van der Waals surface area contributed by atoms with Gasteiger partial charge in [0.15, 0.2) is 18.9 Å². The van der Waals surface area contributed by atoms with Gasteiger partial charge in [-0.1, -0.05) is 187 Å². The Labute approximate surface area is 506 Å². The van der Waals surface area contributed by atoms with Gasteiger partial charge in [-0.3, -0.25) is 4.79 Å². The number of unbranched alkanes of at least 4 members (excludes halogenated alkanes) is 13. The minimum Gasteiger partial charge on any atom is -0.394 e. The Morgan fingerprint density at radius 2 is 0.824 bits per heavy atom. The molecule has 3 aliphatic rings. The van der Waals surface area contributed by atoms with Gasteiger partial charge in [-0.05, 0) is 83.5 Å². The first-order chi connectivity index (χ1) is 41.3. The van der Waals surface area contributed by atoms with Crippen molar-refractivity contribution >= 4 is 5.91 Å². The minimum absolute atomic E-state index is 0.148. The van der Waals surface area contributed by atoms with Crippen molar-refractivity contribution in [2.24, 2.45) is 0 Å². The molecule has 3 aliphatic heterocycles. The van der Waals surface area contributed by atoms with E-state index in [4.69, 9.17) is 28.4 Å². The molecule has 85 heavy (non-hydrogen) atoms. The fourth-order valence-corrected chi connectivity index (χ4v) is 9.90. The highest BCUT2D eigenvalue weighted by Gasteiger charge is 2.53. The molecule has 0 radical (unpaired) electrons. The lowest BCUT2D eigenvalue weighted by Gasteiger charge is -2.48. The number of ether oxygens (including phenoxy) is 6. The van der Waals surface area contributed by atoms with Crippen molar-refractivity contribution in [3.05, 3.63) is 109 Å². The van der Waals surface area contributed by atoms with Crippen molar-refractivity contribution in [1.29, 1.82) is 0 Å². The van der Waals surface area contributed by atoms with Crippen LogP contribution in [0.2, 0.25) is 0 Å². The molecule has 19 nitrogen and oxygen atoms in total. The van der Waals surface area contributed by atoms with E-state index in [1.54, 1.807) is 6.08 Å². The Morgan fingerprint density at radius 3 is 1.32 bits per heavy atom. The second-order valence-electron chi connectivity index (χ2n) is 22.1. The van der Waals surface area contributed by atoms with Gasteiger partial charge in [0.1, 0.15) is 73.2 Å². The van der Waals surface area contributed by atoms with Crippen LogP contribution in [-0.2, 0) is 33.2 Å². The molecule has 0 bridgehead atoms. The van der Waals surface area contributed by atoms with Gasteiger partial charge in [-0.2, -0.15) is 0 Å². The van der Waals surface area contributed by atoms with E-state index in [1.807, 2.05) is 18.2 Å². The lowest BCUT2D eigenvalue weighted by Crippen LogP contribution is -2.66. The average molecular weight is 1200 g/mol. The minimum atomic E-state index is -1.99. The lowest BCUT2D eigenvalue weighted by atomic mass is 9.96. The fraction of sp³-hybridized carbons (Fsp3) is 0.712. The Bertz CT molecular complexity index is 1970. The van der Waals surface area contributed by atoms with Gasteiger partial charge in [0, 0.05) is 6.42 Å². The van der Waals surface area contributed by atoms with Gasteiger partial charge in [-0.15, -0.1) is 0 Å². The Morgan fingerprint density at radius 1 is 0.435 bits per heavy atom. The predicted octanol–water partition coefficient (Wildman–Crippen LogP) is 6.71. The predicted molar refractivity (Wildman–Crippen MR) is 327 cm³/mol. The summed E-state index contributed by atoms with van der Waals surface area (Å²) in [5.41, 5.74) is 0. The summed E-state index contributed by atoms with van der Waals surface area (Å²) in [4.78, 5) is 13.3. The van der Waals surface area contributed by atoms with Gasteiger partial charge < -0.3 is 89.9 Å². The average Bonchev–Trinajstić information content (AvgIpc) is 3.64. The largest absolute Gasteiger partial charge is 0.394 e. The summed E-state index contributed by atoms with van der Waals surface area (Å²) in [6.07, 6.45) is 35.0. The number of carbonyl (C=O) groups excluding carboxylic acids is 1. The second-order valence-corrected chi connectivity index (χ2v) is 22.1. The van der Waals surface area contributed by atoms with E-state index in [1.165, 1.54) is 64.2 Å². The van der Waals surface area contributed by atoms with Gasteiger partial charge >= 0.3 is 0 Å². The molecule has 3 rings (SSSR count). The Hall–Kier alpha value is -3.55. The third kappa shape index (κ3) is 30.5. The molecule has 0 aliphatic carbocycles. The Balaban J connectivity index is 1.52. The topological polar surface area (TPSA) is 307 Å². The first kappa shape index (κ1) is 75.7. The van der Waals surface area contributed by atoms with E-state index in [2.05, 4.69) is 104 Å². The quantitative estimate of drug-likeness (QED) is 0.0223. The second kappa shape index (κ2) is 47.5. The number of rotatable bonds is 45. The van der Waals surface area contributed by atoms with Crippen molar-refractivity contribution in [2.75, 3.05) is 26.4 Å². The van der Waals surface area contributed by atoms with Crippen LogP contribution in [-0.4, -0.2) is 193 Å². The van der Waals surface area contributed by atoms with Gasteiger partial charge in [0.25, 0.3) is 0 Å². The van der Waals surface area contributed by atoms with Crippen molar-refractivity contribution in [3.63, 3.8) is 0 Å². The highest BCUT2D eigenvalue weighted by atomic mass is 16.8. The molecule has 17 atom stereocenters. The van der Waals surface area contributed by atoms with Crippen molar-refractivity contribution in [2.45, 2.75) is 272 Å². The molecule has 0 aromatic carbocycles. The van der Waals surface area contributed by atoms with E-state index in [9.17, 15) is 61.0 Å². The SMILES string of the molecule is CC/C=C\C/C=C\C/C=C\C/C=C\C/C=C\C/C=C\C/C=C\CCCC(=O)NC(COC1OC(CO)C(OC2OC(CO)C(OC3OC(CO)C(O)C(O)C3O)C(O)C2O)C(O)C1O)C(O)/C=C/CC/C=C/CCCCCCCCCCCCC. The van der Waals surface area contributed by atoms with E-state index < -0.39 is 131 Å². The molecule has 3 fully saturated rings. The van der Waals surface area contributed by atoms with E-state index in [0.717, 1.165) is 64.2 Å². The zero-order chi connectivity index (χ0) is 61.9. The third-order valence-electron chi connectivity index (χ3n) is 15.1. The maximum absolute atomic E-state index is 13.3. The molecule has 0 spiro atoms. The zero-order valence-corrected chi connectivity index (χ0v) is 50.8. The molecule has 0 aromatic heterocycles. The number of carbonyl (C=O) groups is 1. The number of nitrogens with one attached hydrogen (secondary N) is 1.